The number of morpholine rings is 1. The molecule has 1 aromatic rings. The molecule has 0 spiro atoms. The lowest BCUT2D eigenvalue weighted by atomic mass is 9.97. The van der Waals surface area contributed by atoms with Gasteiger partial charge in [-0.05, 0) is 31.0 Å². The third-order valence-corrected chi connectivity index (χ3v) is 3.90. The zero-order valence-electron chi connectivity index (χ0n) is 13.0. The SMILES string of the molecule is CCCNC(c1ccc(F)cn1)C(C)CN1CCOCC1. The molecule has 0 aromatic carbocycles. The number of ether oxygens (including phenoxy) is 1. The Labute approximate surface area is 126 Å². The van der Waals surface area contributed by atoms with Crippen LogP contribution in [0.5, 0.6) is 0 Å². The molecule has 2 rings (SSSR count). The first-order chi connectivity index (χ1) is 10.2. The summed E-state index contributed by atoms with van der Waals surface area (Å²) in [5.74, 6) is 0.126. The lowest BCUT2D eigenvalue weighted by molar-refractivity contribution is 0.0289. The van der Waals surface area contributed by atoms with Crippen LogP contribution in [0.2, 0.25) is 0 Å². The Bertz CT molecular complexity index is 406. The van der Waals surface area contributed by atoms with Crippen molar-refractivity contribution in [1.82, 2.24) is 15.2 Å². The summed E-state index contributed by atoms with van der Waals surface area (Å²) in [5, 5.41) is 3.55. The number of pyridine rings is 1. The van der Waals surface area contributed by atoms with E-state index in [1.165, 1.54) is 12.3 Å². The molecule has 0 bridgehead atoms. The van der Waals surface area contributed by atoms with Gasteiger partial charge < -0.3 is 10.1 Å². The molecule has 0 amide bonds. The molecule has 1 N–H and O–H groups in total. The third kappa shape index (κ3) is 5.02. The average molecular weight is 295 g/mol. The topological polar surface area (TPSA) is 37.4 Å². The van der Waals surface area contributed by atoms with Crippen LogP contribution in [0.25, 0.3) is 0 Å². The van der Waals surface area contributed by atoms with Gasteiger partial charge >= 0.3 is 0 Å². The molecule has 0 aliphatic carbocycles. The van der Waals surface area contributed by atoms with Gasteiger partial charge in [-0.25, -0.2) is 4.39 Å². The van der Waals surface area contributed by atoms with E-state index in [0.29, 0.717) is 5.92 Å². The van der Waals surface area contributed by atoms with E-state index in [4.69, 9.17) is 4.74 Å². The Kier molecular flexibility index (Phi) is 6.54. The van der Waals surface area contributed by atoms with E-state index >= 15 is 0 Å². The van der Waals surface area contributed by atoms with E-state index in [2.05, 4.69) is 29.0 Å². The molecule has 21 heavy (non-hydrogen) atoms. The van der Waals surface area contributed by atoms with Crippen LogP contribution in [0, 0.1) is 11.7 Å². The highest BCUT2D eigenvalue weighted by Gasteiger charge is 2.23. The zero-order valence-corrected chi connectivity index (χ0v) is 13.0. The predicted molar refractivity (Wildman–Crippen MR) is 81.7 cm³/mol. The van der Waals surface area contributed by atoms with E-state index in [-0.39, 0.29) is 11.9 Å². The van der Waals surface area contributed by atoms with Crippen molar-refractivity contribution in [3.8, 4) is 0 Å². The van der Waals surface area contributed by atoms with Gasteiger partial charge in [0, 0.05) is 19.6 Å². The molecule has 1 fully saturated rings. The first kappa shape index (κ1) is 16.3. The van der Waals surface area contributed by atoms with Crippen molar-refractivity contribution in [1.29, 1.82) is 0 Å². The maximum absolute atomic E-state index is 13.1. The highest BCUT2D eigenvalue weighted by atomic mass is 19.1. The molecular weight excluding hydrogens is 269 g/mol. The number of hydrogen-bond donors (Lipinski definition) is 1. The lowest BCUT2D eigenvalue weighted by Crippen LogP contribution is -2.42. The highest BCUT2D eigenvalue weighted by Crippen LogP contribution is 2.22. The van der Waals surface area contributed by atoms with E-state index in [9.17, 15) is 4.39 Å². The van der Waals surface area contributed by atoms with E-state index in [1.807, 2.05) is 0 Å². The fourth-order valence-electron chi connectivity index (χ4n) is 2.76. The second kappa shape index (κ2) is 8.41. The molecule has 2 heterocycles. The smallest absolute Gasteiger partial charge is 0.141 e. The van der Waals surface area contributed by atoms with Gasteiger partial charge in [0.1, 0.15) is 5.82 Å². The molecule has 2 unspecified atom stereocenters. The van der Waals surface area contributed by atoms with Gasteiger partial charge in [0.2, 0.25) is 0 Å². The van der Waals surface area contributed by atoms with Gasteiger partial charge in [-0.3, -0.25) is 9.88 Å². The van der Waals surface area contributed by atoms with Crippen LogP contribution >= 0.6 is 0 Å². The Balaban J connectivity index is 2.01. The monoisotopic (exact) mass is 295 g/mol. The number of aromatic nitrogens is 1. The molecule has 2 atom stereocenters. The van der Waals surface area contributed by atoms with Crippen LogP contribution in [-0.2, 0) is 4.74 Å². The standard InChI is InChI=1S/C16H26FN3O/c1-3-6-18-16(15-5-4-14(17)11-19-15)13(2)12-20-7-9-21-10-8-20/h4-5,11,13,16,18H,3,6-10,12H2,1-2H3. The Morgan fingerprint density at radius 3 is 2.76 bits per heavy atom. The summed E-state index contributed by atoms with van der Waals surface area (Å²) in [4.78, 5) is 6.69. The average Bonchev–Trinajstić information content (AvgIpc) is 2.50. The Hall–Kier alpha value is -1.04. The minimum absolute atomic E-state index is 0.161. The fraction of sp³-hybridized carbons (Fsp3) is 0.688. The lowest BCUT2D eigenvalue weighted by Gasteiger charge is -2.32. The van der Waals surface area contributed by atoms with Gasteiger partial charge in [-0.1, -0.05) is 13.8 Å². The number of halogens is 1. The Morgan fingerprint density at radius 2 is 2.14 bits per heavy atom. The summed E-state index contributed by atoms with van der Waals surface area (Å²) < 4.78 is 18.5. The van der Waals surface area contributed by atoms with Crippen molar-refractivity contribution in [2.45, 2.75) is 26.3 Å². The first-order valence-electron chi connectivity index (χ1n) is 7.85. The normalized spacial score (nSPS) is 19.4. The summed E-state index contributed by atoms with van der Waals surface area (Å²) in [6.07, 6.45) is 2.37. The second-order valence-electron chi connectivity index (χ2n) is 5.72. The Morgan fingerprint density at radius 1 is 1.38 bits per heavy atom. The first-order valence-corrected chi connectivity index (χ1v) is 7.85. The third-order valence-electron chi connectivity index (χ3n) is 3.90. The largest absolute Gasteiger partial charge is 0.379 e. The number of nitrogens with one attached hydrogen (secondary N) is 1. The van der Waals surface area contributed by atoms with Gasteiger partial charge in [0.25, 0.3) is 0 Å². The van der Waals surface area contributed by atoms with Gasteiger partial charge in [-0.15, -0.1) is 0 Å². The molecule has 1 aromatic heterocycles. The van der Waals surface area contributed by atoms with Crippen LogP contribution in [0.1, 0.15) is 32.0 Å². The maximum Gasteiger partial charge on any atom is 0.141 e. The highest BCUT2D eigenvalue weighted by molar-refractivity contribution is 5.11. The van der Waals surface area contributed by atoms with Gasteiger partial charge in [-0.2, -0.15) is 0 Å². The number of hydrogen-bond acceptors (Lipinski definition) is 4. The molecule has 1 saturated heterocycles. The van der Waals surface area contributed by atoms with Crippen LogP contribution in [0.15, 0.2) is 18.3 Å². The summed E-state index contributed by atoms with van der Waals surface area (Å²) >= 11 is 0. The van der Waals surface area contributed by atoms with Crippen molar-refractivity contribution in [3.05, 3.63) is 29.8 Å². The number of rotatable bonds is 7. The predicted octanol–water partition coefficient (Wildman–Crippen LogP) is 2.23. The molecule has 1 aliphatic heterocycles. The maximum atomic E-state index is 13.1. The number of nitrogens with zero attached hydrogens (tertiary/aromatic N) is 2. The van der Waals surface area contributed by atoms with E-state index in [1.54, 1.807) is 6.07 Å². The molecule has 1 aliphatic rings. The summed E-state index contributed by atoms with van der Waals surface area (Å²) in [7, 11) is 0. The fourth-order valence-corrected chi connectivity index (χ4v) is 2.76. The van der Waals surface area contributed by atoms with E-state index in [0.717, 1.165) is 51.5 Å². The van der Waals surface area contributed by atoms with Crippen molar-refractivity contribution >= 4 is 0 Å². The van der Waals surface area contributed by atoms with Crippen LogP contribution in [0.4, 0.5) is 4.39 Å². The second-order valence-corrected chi connectivity index (χ2v) is 5.72. The molecule has 118 valence electrons. The molecule has 0 saturated carbocycles. The quantitative estimate of drug-likeness (QED) is 0.837. The summed E-state index contributed by atoms with van der Waals surface area (Å²) in [6, 6.07) is 3.44. The zero-order chi connectivity index (χ0) is 15.1. The van der Waals surface area contributed by atoms with Crippen molar-refractivity contribution in [2.24, 2.45) is 5.92 Å². The minimum Gasteiger partial charge on any atom is -0.379 e. The summed E-state index contributed by atoms with van der Waals surface area (Å²) in [6.45, 7) is 9.93. The van der Waals surface area contributed by atoms with Crippen LogP contribution < -0.4 is 5.32 Å². The van der Waals surface area contributed by atoms with Crippen LogP contribution in [0.3, 0.4) is 0 Å². The van der Waals surface area contributed by atoms with Crippen LogP contribution in [-0.4, -0.2) is 49.3 Å². The molecule has 5 heteroatoms. The van der Waals surface area contributed by atoms with Crippen molar-refractivity contribution in [2.75, 3.05) is 39.4 Å². The van der Waals surface area contributed by atoms with Crippen molar-refractivity contribution in [3.63, 3.8) is 0 Å². The molecule has 0 radical (unpaired) electrons. The molecular formula is C16H26FN3O. The van der Waals surface area contributed by atoms with Gasteiger partial charge in [0.05, 0.1) is 31.1 Å². The minimum atomic E-state index is -0.283. The van der Waals surface area contributed by atoms with Crippen molar-refractivity contribution < 1.29 is 9.13 Å². The molecule has 4 nitrogen and oxygen atoms in total. The van der Waals surface area contributed by atoms with Gasteiger partial charge in [0.15, 0.2) is 0 Å². The summed E-state index contributed by atoms with van der Waals surface area (Å²) in [5.41, 5.74) is 0.922. The van der Waals surface area contributed by atoms with E-state index < -0.39 is 0 Å².